The lowest BCUT2D eigenvalue weighted by molar-refractivity contribution is 0.0697. The van der Waals surface area contributed by atoms with E-state index in [1.165, 1.54) is 5.56 Å². The summed E-state index contributed by atoms with van der Waals surface area (Å²) in [4.78, 5) is 12.0. The lowest BCUT2D eigenvalue weighted by Gasteiger charge is -2.03. The van der Waals surface area contributed by atoms with Gasteiger partial charge in [-0.15, -0.1) is 11.3 Å². The average Bonchev–Trinajstić information content (AvgIpc) is 3.04. The minimum absolute atomic E-state index is 0.271. The molecule has 0 fully saturated rings. The van der Waals surface area contributed by atoms with Gasteiger partial charge in [0, 0.05) is 28.5 Å². The van der Waals surface area contributed by atoms with Crippen LogP contribution >= 0.6 is 11.3 Å². The number of nitrogens with zero attached hydrogens (tertiary/aromatic N) is 1. The van der Waals surface area contributed by atoms with E-state index in [1.54, 1.807) is 35.6 Å². The number of carbonyl (C=O) groups is 1. The predicted octanol–water partition coefficient (Wildman–Crippen LogP) is 3.79. The van der Waals surface area contributed by atoms with E-state index < -0.39 is 5.97 Å². The first-order valence-electron chi connectivity index (χ1n) is 6.42. The first-order chi connectivity index (χ1) is 10.1. The van der Waals surface area contributed by atoms with Crippen molar-refractivity contribution in [1.82, 2.24) is 4.57 Å². The number of aromatic carboxylic acids is 1. The summed E-state index contributed by atoms with van der Waals surface area (Å²) in [6, 6.07) is 8.79. The first kappa shape index (κ1) is 13.5. The van der Waals surface area contributed by atoms with Gasteiger partial charge in [0.15, 0.2) is 0 Å². The third-order valence-electron chi connectivity index (χ3n) is 3.38. The Balaban J connectivity index is 2.01. The molecule has 3 rings (SSSR count). The highest BCUT2D eigenvalue weighted by Gasteiger charge is 2.11. The number of carboxylic acids is 1. The highest BCUT2D eigenvalue weighted by molar-refractivity contribution is 7.13. The molecule has 0 bridgehead atoms. The molecule has 0 amide bonds. The molecule has 0 aliphatic carbocycles. The highest BCUT2D eigenvalue weighted by Crippen LogP contribution is 2.34. The Bertz CT molecular complexity index is 800. The molecule has 0 aliphatic rings. The van der Waals surface area contributed by atoms with Crippen LogP contribution in [0.1, 0.15) is 15.9 Å². The Morgan fingerprint density at radius 3 is 2.48 bits per heavy atom. The van der Waals surface area contributed by atoms with Crippen molar-refractivity contribution < 1.29 is 9.90 Å². The van der Waals surface area contributed by atoms with Gasteiger partial charge in [-0.2, -0.15) is 0 Å². The van der Waals surface area contributed by atoms with Crippen LogP contribution in [0.2, 0.25) is 0 Å². The predicted molar refractivity (Wildman–Crippen MR) is 85.2 cm³/mol. The van der Waals surface area contributed by atoms with E-state index >= 15 is 0 Å². The van der Waals surface area contributed by atoms with Crippen LogP contribution in [0.15, 0.2) is 48.1 Å². The van der Waals surface area contributed by atoms with E-state index in [9.17, 15) is 4.79 Å². The number of hydrogen-bond donors (Lipinski definition) is 2. The zero-order valence-electron chi connectivity index (χ0n) is 11.4. The second-order valence-corrected chi connectivity index (χ2v) is 5.74. The number of rotatable bonds is 3. The molecule has 0 atom stereocenters. The molecule has 0 saturated carbocycles. The molecule has 0 spiro atoms. The molecule has 5 heteroatoms. The maximum atomic E-state index is 10.9. The Morgan fingerprint density at radius 1 is 1.19 bits per heavy atom. The molecule has 21 heavy (non-hydrogen) atoms. The number of hydrogen-bond acceptors (Lipinski definition) is 3. The smallest absolute Gasteiger partial charge is 0.335 e. The van der Waals surface area contributed by atoms with Crippen LogP contribution in [0.25, 0.3) is 16.1 Å². The molecule has 0 saturated heterocycles. The molecule has 0 aliphatic heterocycles. The van der Waals surface area contributed by atoms with Gasteiger partial charge in [0.05, 0.1) is 11.3 Å². The van der Waals surface area contributed by atoms with Gasteiger partial charge < -0.3 is 15.4 Å². The van der Waals surface area contributed by atoms with E-state index in [1.807, 2.05) is 22.3 Å². The number of aromatic nitrogens is 1. The zero-order valence-corrected chi connectivity index (χ0v) is 12.2. The van der Waals surface area contributed by atoms with Crippen LogP contribution in [-0.4, -0.2) is 15.6 Å². The number of nitrogen functional groups attached to an aromatic ring is 1. The minimum atomic E-state index is -0.927. The largest absolute Gasteiger partial charge is 0.478 e. The summed E-state index contributed by atoms with van der Waals surface area (Å²) >= 11 is 1.66. The van der Waals surface area contributed by atoms with Crippen LogP contribution < -0.4 is 5.73 Å². The lowest BCUT2D eigenvalue weighted by Crippen LogP contribution is -1.97. The Morgan fingerprint density at radius 2 is 1.90 bits per heavy atom. The molecule has 2 aromatic heterocycles. The van der Waals surface area contributed by atoms with Crippen molar-refractivity contribution in [2.24, 2.45) is 0 Å². The molecule has 3 N–H and O–H groups in total. The van der Waals surface area contributed by atoms with Gasteiger partial charge in [-0.1, -0.05) is 0 Å². The molecule has 0 unspecified atom stereocenters. The minimum Gasteiger partial charge on any atom is -0.478 e. The zero-order chi connectivity index (χ0) is 15.0. The van der Waals surface area contributed by atoms with Gasteiger partial charge in [0.25, 0.3) is 0 Å². The summed E-state index contributed by atoms with van der Waals surface area (Å²) in [6.45, 7) is 2.06. The molecular weight excluding hydrogens is 284 g/mol. The SMILES string of the molecule is Cc1ccsc1-c1cn(-c2ccc(C(=O)O)cc2)cc1N. The fourth-order valence-corrected chi connectivity index (χ4v) is 3.19. The van der Waals surface area contributed by atoms with Crippen molar-refractivity contribution in [1.29, 1.82) is 0 Å². The molecule has 4 nitrogen and oxygen atoms in total. The second-order valence-electron chi connectivity index (χ2n) is 4.82. The molecule has 1 aromatic carbocycles. The van der Waals surface area contributed by atoms with Gasteiger partial charge in [0.2, 0.25) is 0 Å². The van der Waals surface area contributed by atoms with Gasteiger partial charge in [-0.05, 0) is 48.2 Å². The van der Waals surface area contributed by atoms with Crippen molar-refractivity contribution in [2.45, 2.75) is 6.92 Å². The molecular formula is C16H14N2O2S. The van der Waals surface area contributed by atoms with Gasteiger partial charge in [-0.3, -0.25) is 0 Å². The Labute approximate surface area is 126 Å². The first-order valence-corrected chi connectivity index (χ1v) is 7.30. The maximum Gasteiger partial charge on any atom is 0.335 e. The van der Waals surface area contributed by atoms with Crippen LogP contribution in [-0.2, 0) is 0 Å². The van der Waals surface area contributed by atoms with Crippen molar-refractivity contribution in [2.75, 3.05) is 5.73 Å². The third kappa shape index (κ3) is 2.43. The number of carboxylic acid groups (broad SMARTS) is 1. The van der Waals surface area contributed by atoms with E-state index in [0.717, 1.165) is 16.1 Å². The van der Waals surface area contributed by atoms with E-state index in [-0.39, 0.29) is 5.56 Å². The van der Waals surface area contributed by atoms with Crippen LogP contribution in [0.3, 0.4) is 0 Å². The number of nitrogens with two attached hydrogens (primary N) is 1. The molecule has 0 radical (unpaired) electrons. The van der Waals surface area contributed by atoms with Gasteiger partial charge in [0.1, 0.15) is 0 Å². The fourth-order valence-electron chi connectivity index (χ4n) is 2.23. The average molecular weight is 298 g/mol. The van der Waals surface area contributed by atoms with Crippen LogP contribution in [0, 0.1) is 6.92 Å². The van der Waals surface area contributed by atoms with E-state index in [2.05, 4.69) is 13.0 Å². The molecule has 3 aromatic rings. The van der Waals surface area contributed by atoms with Crippen LogP contribution in [0.4, 0.5) is 5.69 Å². The summed E-state index contributed by atoms with van der Waals surface area (Å²) in [6.07, 6.45) is 3.83. The van der Waals surface area contributed by atoms with E-state index in [0.29, 0.717) is 5.69 Å². The van der Waals surface area contributed by atoms with Crippen molar-refractivity contribution >= 4 is 23.0 Å². The number of anilines is 1. The van der Waals surface area contributed by atoms with Crippen molar-refractivity contribution in [3.05, 3.63) is 59.2 Å². The topological polar surface area (TPSA) is 68.2 Å². The number of aryl methyl sites for hydroxylation is 1. The van der Waals surface area contributed by atoms with Crippen molar-refractivity contribution in [3.63, 3.8) is 0 Å². The lowest BCUT2D eigenvalue weighted by atomic mass is 10.2. The second kappa shape index (κ2) is 5.10. The highest BCUT2D eigenvalue weighted by atomic mass is 32.1. The van der Waals surface area contributed by atoms with Gasteiger partial charge in [-0.25, -0.2) is 4.79 Å². The Kier molecular flexibility index (Phi) is 3.27. The Hall–Kier alpha value is -2.53. The summed E-state index contributed by atoms with van der Waals surface area (Å²) in [5.41, 5.74) is 10.2. The number of benzene rings is 1. The normalized spacial score (nSPS) is 10.7. The third-order valence-corrected chi connectivity index (χ3v) is 4.43. The summed E-state index contributed by atoms with van der Waals surface area (Å²) in [5.74, 6) is -0.927. The maximum absolute atomic E-state index is 10.9. The van der Waals surface area contributed by atoms with Crippen molar-refractivity contribution in [3.8, 4) is 16.1 Å². The summed E-state index contributed by atoms with van der Waals surface area (Å²) in [5, 5.41) is 11.0. The van der Waals surface area contributed by atoms with Gasteiger partial charge >= 0.3 is 5.97 Å². The van der Waals surface area contributed by atoms with Crippen LogP contribution in [0.5, 0.6) is 0 Å². The monoisotopic (exact) mass is 298 g/mol. The summed E-state index contributed by atoms with van der Waals surface area (Å²) < 4.78 is 1.91. The molecule has 106 valence electrons. The molecule has 2 heterocycles. The summed E-state index contributed by atoms with van der Waals surface area (Å²) in [7, 11) is 0. The van der Waals surface area contributed by atoms with E-state index in [4.69, 9.17) is 10.8 Å². The fraction of sp³-hybridized carbons (Fsp3) is 0.0625. The standard InChI is InChI=1S/C16H14N2O2S/c1-10-6-7-21-15(10)13-8-18(9-14(13)17)12-4-2-11(3-5-12)16(19)20/h2-9H,17H2,1H3,(H,19,20). The quantitative estimate of drug-likeness (QED) is 0.773. The number of thiophene rings is 1.